The Balaban J connectivity index is 1.29. The van der Waals surface area contributed by atoms with Gasteiger partial charge >= 0.3 is 6.18 Å². The molecule has 14 heteroatoms. The van der Waals surface area contributed by atoms with Crippen LogP contribution < -0.4 is 5.32 Å². The molecule has 5 heterocycles. The van der Waals surface area contributed by atoms with Crippen LogP contribution in [0.25, 0.3) is 22.8 Å². The van der Waals surface area contributed by atoms with Crippen LogP contribution in [0, 0.1) is 5.92 Å². The van der Waals surface area contributed by atoms with Gasteiger partial charge in [0, 0.05) is 45.4 Å². The Kier molecular flexibility index (Phi) is 6.29. The lowest BCUT2D eigenvalue weighted by molar-refractivity contribution is -0.209. The molecule has 0 radical (unpaired) electrons. The highest BCUT2D eigenvalue weighted by molar-refractivity contribution is 5.87. The molecule has 2 aliphatic rings. The van der Waals surface area contributed by atoms with Crippen LogP contribution >= 0.6 is 0 Å². The molecular weight excluding hydrogens is 507 g/mol. The largest absolute Gasteiger partial charge is 0.395 e. The van der Waals surface area contributed by atoms with Crippen LogP contribution in [0.15, 0.2) is 41.1 Å². The SMILES string of the molecule is CC(Nc1nccc(-c2cccc(-c3cc([C@]4(O)CCN(C)C4=O)on3)n2)n1)C(=O)N1CC(C(F)(F)F)C1. The number of carbonyl (C=O) groups excluding carboxylic acids is 2. The molecule has 2 atom stereocenters. The first-order valence-corrected chi connectivity index (χ1v) is 11.8. The molecule has 0 bridgehead atoms. The molecule has 11 nitrogen and oxygen atoms in total. The molecule has 200 valence electrons. The molecule has 2 N–H and O–H groups in total. The van der Waals surface area contributed by atoms with Crippen molar-refractivity contribution < 1.29 is 32.4 Å². The van der Waals surface area contributed by atoms with Crippen LogP contribution in [0.4, 0.5) is 19.1 Å². The Morgan fingerprint density at radius 1 is 1.18 bits per heavy atom. The normalized spacial score (nSPS) is 20.9. The van der Waals surface area contributed by atoms with Gasteiger partial charge in [-0.3, -0.25) is 9.59 Å². The number of amides is 2. The Bertz CT molecular complexity index is 1370. The molecule has 1 unspecified atom stereocenters. The minimum absolute atomic E-state index is 0.0324. The van der Waals surface area contributed by atoms with Gasteiger partial charge in [0.2, 0.25) is 17.5 Å². The highest BCUT2D eigenvalue weighted by Gasteiger charge is 2.49. The third-order valence-electron chi connectivity index (χ3n) is 6.73. The number of hydrogen-bond donors (Lipinski definition) is 2. The van der Waals surface area contributed by atoms with Crippen LogP contribution in [0.5, 0.6) is 0 Å². The van der Waals surface area contributed by atoms with Crippen molar-refractivity contribution in [1.29, 1.82) is 0 Å². The van der Waals surface area contributed by atoms with Crippen molar-refractivity contribution in [2.75, 3.05) is 32.0 Å². The number of rotatable bonds is 6. The number of likely N-dealkylation sites (N-methyl/N-ethyl adjacent to an activating group) is 1. The van der Waals surface area contributed by atoms with Gasteiger partial charge in [0.05, 0.1) is 23.0 Å². The summed E-state index contributed by atoms with van der Waals surface area (Å²) in [5.74, 6) is -2.30. The first kappa shape index (κ1) is 25.6. The van der Waals surface area contributed by atoms with Crippen molar-refractivity contribution >= 4 is 17.8 Å². The molecule has 3 aromatic heterocycles. The summed E-state index contributed by atoms with van der Waals surface area (Å²) < 4.78 is 43.5. The first-order chi connectivity index (χ1) is 18.0. The maximum Gasteiger partial charge on any atom is 0.395 e. The summed E-state index contributed by atoms with van der Waals surface area (Å²) in [5, 5.41) is 17.6. The van der Waals surface area contributed by atoms with Crippen LogP contribution in [0.3, 0.4) is 0 Å². The van der Waals surface area contributed by atoms with E-state index in [1.165, 1.54) is 24.1 Å². The van der Waals surface area contributed by atoms with Gasteiger partial charge in [-0.15, -0.1) is 0 Å². The monoisotopic (exact) mass is 531 g/mol. The second-order valence-corrected chi connectivity index (χ2v) is 9.43. The minimum Gasteiger partial charge on any atom is -0.373 e. The van der Waals surface area contributed by atoms with Gasteiger partial charge in [0.15, 0.2) is 5.76 Å². The number of halogens is 3. The summed E-state index contributed by atoms with van der Waals surface area (Å²) in [6.45, 7) is 1.19. The standard InChI is InChI=1S/C24H24F3N7O4/c1-13(20(35)34-11-14(12-34)24(25,26)27)29-22-28-8-6-17(31-22)15-4-3-5-16(30-15)18-10-19(38-32-18)23(37)7-9-33(2)21(23)36/h3-6,8,10,13-14,37H,7,9,11-12H2,1-2H3,(H,28,29,31)/t13?,23-/m1/s1. The molecule has 0 saturated carbocycles. The number of alkyl halides is 3. The number of nitrogens with zero attached hydrogens (tertiary/aromatic N) is 6. The predicted octanol–water partition coefficient (Wildman–Crippen LogP) is 2.06. The van der Waals surface area contributed by atoms with E-state index in [0.29, 0.717) is 29.3 Å². The lowest BCUT2D eigenvalue weighted by Crippen LogP contribution is -2.58. The zero-order valence-electron chi connectivity index (χ0n) is 20.4. The quantitative estimate of drug-likeness (QED) is 0.490. The molecule has 0 aromatic carbocycles. The number of anilines is 1. The number of aliphatic hydroxyl groups is 1. The zero-order valence-corrected chi connectivity index (χ0v) is 20.4. The molecule has 3 aromatic rings. The van der Waals surface area contributed by atoms with E-state index in [0.717, 1.165) is 4.90 Å². The average Bonchev–Trinajstić information content (AvgIpc) is 3.45. The molecule has 0 aliphatic carbocycles. The van der Waals surface area contributed by atoms with Crippen LogP contribution in [0.2, 0.25) is 0 Å². The maximum atomic E-state index is 12.7. The fourth-order valence-corrected chi connectivity index (χ4v) is 4.36. The summed E-state index contributed by atoms with van der Waals surface area (Å²) in [6, 6.07) is 7.35. The second-order valence-electron chi connectivity index (χ2n) is 9.43. The van der Waals surface area contributed by atoms with Gasteiger partial charge < -0.3 is 24.7 Å². The Hall–Kier alpha value is -4.07. The average molecular weight is 531 g/mol. The Morgan fingerprint density at radius 2 is 1.87 bits per heavy atom. The van der Waals surface area contributed by atoms with Gasteiger partial charge in [-0.1, -0.05) is 11.2 Å². The van der Waals surface area contributed by atoms with Crippen LogP contribution in [-0.4, -0.2) is 85.7 Å². The van der Waals surface area contributed by atoms with Crippen LogP contribution in [0.1, 0.15) is 19.1 Å². The van der Waals surface area contributed by atoms with Crippen molar-refractivity contribution in [3.05, 3.63) is 42.3 Å². The molecule has 2 amide bonds. The molecule has 2 fully saturated rings. The summed E-state index contributed by atoms with van der Waals surface area (Å²) in [7, 11) is 1.60. The van der Waals surface area contributed by atoms with E-state index in [9.17, 15) is 27.9 Å². The number of hydrogen-bond acceptors (Lipinski definition) is 9. The summed E-state index contributed by atoms with van der Waals surface area (Å²) in [6.07, 6.45) is -2.67. The third-order valence-corrected chi connectivity index (χ3v) is 6.73. The van der Waals surface area contributed by atoms with Crippen molar-refractivity contribution in [1.82, 2.24) is 29.9 Å². The molecule has 0 spiro atoms. The van der Waals surface area contributed by atoms with Crippen molar-refractivity contribution in [3.63, 3.8) is 0 Å². The van der Waals surface area contributed by atoms with E-state index >= 15 is 0 Å². The van der Waals surface area contributed by atoms with Gasteiger partial charge in [-0.25, -0.2) is 15.0 Å². The maximum absolute atomic E-state index is 12.7. The van der Waals surface area contributed by atoms with Crippen molar-refractivity contribution in [2.24, 2.45) is 5.92 Å². The molecule has 38 heavy (non-hydrogen) atoms. The first-order valence-electron chi connectivity index (χ1n) is 11.8. The van der Waals surface area contributed by atoms with E-state index in [-0.39, 0.29) is 31.2 Å². The van der Waals surface area contributed by atoms with Crippen molar-refractivity contribution in [2.45, 2.75) is 31.2 Å². The van der Waals surface area contributed by atoms with E-state index in [1.54, 1.807) is 31.3 Å². The molecular formula is C24H24F3N7O4. The molecule has 2 saturated heterocycles. The smallest absolute Gasteiger partial charge is 0.373 e. The number of pyridine rings is 1. The molecule has 2 aliphatic heterocycles. The van der Waals surface area contributed by atoms with Crippen molar-refractivity contribution in [3.8, 4) is 22.8 Å². The van der Waals surface area contributed by atoms with Crippen LogP contribution in [-0.2, 0) is 15.2 Å². The van der Waals surface area contributed by atoms with E-state index < -0.39 is 35.6 Å². The number of nitrogens with one attached hydrogen (secondary N) is 1. The molecule has 5 rings (SSSR count). The topological polar surface area (TPSA) is 138 Å². The Morgan fingerprint density at radius 3 is 2.53 bits per heavy atom. The predicted molar refractivity (Wildman–Crippen MR) is 126 cm³/mol. The Labute approximate surface area is 214 Å². The number of carbonyl (C=O) groups is 2. The van der Waals surface area contributed by atoms with Gasteiger partial charge in [-0.2, -0.15) is 13.2 Å². The summed E-state index contributed by atoms with van der Waals surface area (Å²) >= 11 is 0. The lowest BCUT2D eigenvalue weighted by atomic mass is 9.98. The van der Waals surface area contributed by atoms with Gasteiger partial charge in [0.1, 0.15) is 11.7 Å². The second kappa shape index (κ2) is 9.35. The summed E-state index contributed by atoms with van der Waals surface area (Å²) in [4.78, 5) is 40.4. The fraction of sp³-hybridized carbons (Fsp3) is 0.417. The lowest BCUT2D eigenvalue weighted by Gasteiger charge is -2.41. The van der Waals surface area contributed by atoms with Gasteiger partial charge in [-0.05, 0) is 25.1 Å². The van der Waals surface area contributed by atoms with Gasteiger partial charge in [0.25, 0.3) is 5.91 Å². The number of likely N-dealkylation sites (tertiary alicyclic amines) is 2. The fourth-order valence-electron chi connectivity index (χ4n) is 4.36. The summed E-state index contributed by atoms with van der Waals surface area (Å²) in [5.41, 5.74) is -0.185. The third kappa shape index (κ3) is 4.66. The van der Waals surface area contributed by atoms with E-state index in [4.69, 9.17) is 4.52 Å². The minimum atomic E-state index is -4.32. The number of aromatic nitrogens is 4. The van der Waals surface area contributed by atoms with E-state index in [2.05, 4.69) is 25.4 Å². The highest BCUT2D eigenvalue weighted by atomic mass is 19.4. The zero-order chi connectivity index (χ0) is 27.2. The van der Waals surface area contributed by atoms with E-state index in [1.807, 2.05) is 0 Å². The highest BCUT2D eigenvalue weighted by Crippen LogP contribution is 2.35.